The Hall–Kier alpha value is -1.58. The Bertz CT molecular complexity index is 993. The molecule has 1 amide bonds. The third kappa shape index (κ3) is 35.2. The van der Waals surface area contributed by atoms with E-state index in [1.165, 1.54) is 57.8 Å². The van der Waals surface area contributed by atoms with Crippen molar-refractivity contribution in [1.82, 2.24) is 5.32 Å². The molecule has 10 heteroatoms. The van der Waals surface area contributed by atoms with Crippen molar-refractivity contribution in [2.45, 2.75) is 167 Å². The van der Waals surface area contributed by atoms with Gasteiger partial charge < -0.3 is 34.0 Å². The molecule has 0 rings (SSSR count). The van der Waals surface area contributed by atoms with Crippen LogP contribution in [0.3, 0.4) is 0 Å². The lowest BCUT2D eigenvalue weighted by molar-refractivity contribution is -0.870. The van der Waals surface area contributed by atoms with E-state index in [4.69, 9.17) is 9.05 Å². The van der Waals surface area contributed by atoms with Crippen molar-refractivity contribution >= 4 is 13.7 Å². The number of aliphatic hydroxyl groups is 2. The molecule has 0 aromatic heterocycles. The number of rotatable bonds is 35. The second-order valence-electron chi connectivity index (χ2n) is 14.8. The van der Waals surface area contributed by atoms with E-state index in [2.05, 4.69) is 37.4 Å². The standard InChI is InChI=1S/C41H77N2O7P/c1-6-8-10-12-14-15-16-17-18-19-21-25-29-33-40(45)39(37-50-51(47,48)49-36-35-43(3,4)5)42-41(46)34-30-26-22-24-28-32-38(44)31-27-23-20-13-11-9-7-2/h9,11,20,23,27,29,31,33,38-40,44-45H,6-8,10,12-19,21-22,24-26,28,30,32,34-37H2,1-5H3,(H-,42,46,47,48)/b11-9+,23-20+,31-27+,33-29+/t38?,39-,40+/m0/s1. The molecule has 298 valence electrons. The summed E-state index contributed by atoms with van der Waals surface area (Å²) in [4.78, 5) is 25.2. The molecule has 4 atom stereocenters. The van der Waals surface area contributed by atoms with E-state index < -0.39 is 32.7 Å². The fourth-order valence-corrected chi connectivity index (χ4v) is 6.12. The Kier molecular flexibility index (Phi) is 32.0. The van der Waals surface area contributed by atoms with Crippen LogP contribution in [-0.2, 0) is 18.4 Å². The average Bonchev–Trinajstić information content (AvgIpc) is 3.07. The second kappa shape index (κ2) is 33.0. The lowest BCUT2D eigenvalue weighted by Crippen LogP contribution is -2.45. The molecule has 0 bridgehead atoms. The molecule has 0 aromatic carbocycles. The highest BCUT2D eigenvalue weighted by Gasteiger charge is 2.23. The van der Waals surface area contributed by atoms with E-state index in [0.717, 1.165) is 57.8 Å². The van der Waals surface area contributed by atoms with Crippen molar-refractivity contribution in [2.24, 2.45) is 0 Å². The molecule has 0 saturated heterocycles. The number of hydrogen-bond donors (Lipinski definition) is 3. The number of carbonyl (C=O) groups is 1. The van der Waals surface area contributed by atoms with Gasteiger partial charge in [-0.05, 0) is 38.5 Å². The molecule has 0 aliphatic rings. The molecule has 0 saturated carbocycles. The summed E-state index contributed by atoms with van der Waals surface area (Å²) >= 11 is 0. The van der Waals surface area contributed by atoms with Gasteiger partial charge in [-0.25, -0.2) is 0 Å². The van der Waals surface area contributed by atoms with Gasteiger partial charge in [0, 0.05) is 6.42 Å². The smallest absolute Gasteiger partial charge is 0.268 e. The van der Waals surface area contributed by atoms with Gasteiger partial charge in [-0.1, -0.05) is 152 Å². The highest BCUT2D eigenvalue weighted by molar-refractivity contribution is 7.45. The zero-order valence-electron chi connectivity index (χ0n) is 33.2. The summed E-state index contributed by atoms with van der Waals surface area (Å²) in [6.07, 6.45) is 36.0. The van der Waals surface area contributed by atoms with E-state index in [-0.39, 0.29) is 18.9 Å². The molecule has 2 unspecified atom stereocenters. The van der Waals surface area contributed by atoms with Crippen LogP contribution in [0.1, 0.15) is 149 Å². The summed E-state index contributed by atoms with van der Waals surface area (Å²) in [7, 11) is 1.19. The summed E-state index contributed by atoms with van der Waals surface area (Å²) in [5.41, 5.74) is 0. The molecule has 0 fully saturated rings. The Morgan fingerprint density at radius 1 is 0.765 bits per heavy atom. The molecular weight excluding hydrogens is 663 g/mol. The molecule has 0 heterocycles. The Balaban J connectivity index is 4.61. The summed E-state index contributed by atoms with van der Waals surface area (Å²) in [5, 5.41) is 23.8. The van der Waals surface area contributed by atoms with Crippen LogP contribution < -0.4 is 10.2 Å². The number of phosphoric acid groups is 1. The fraction of sp³-hybridized carbons (Fsp3) is 0.780. The number of nitrogens with zero attached hydrogens (tertiary/aromatic N) is 1. The van der Waals surface area contributed by atoms with Gasteiger partial charge >= 0.3 is 0 Å². The number of carbonyl (C=O) groups excluding carboxylic acids is 1. The molecule has 0 aliphatic heterocycles. The highest BCUT2D eigenvalue weighted by atomic mass is 31.2. The van der Waals surface area contributed by atoms with Crippen LogP contribution in [0, 0.1) is 0 Å². The van der Waals surface area contributed by atoms with Gasteiger partial charge in [0.2, 0.25) is 5.91 Å². The maximum Gasteiger partial charge on any atom is 0.268 e. The van der Waals surface area contributed by atoms with E-state index in [1.807, 2.05) is 45.4 Å². The van der Waals surface area contributed by atoms with Crippen molar-refractivity contribution in [3.05, 3.63) is 48.6 Å². The number of amides is 1. The third-order valence-electron chi connectivity index (χ3n) is 8.65. The van der Waals surface area contributed by atoms with Crippen molar-refractivity contribution in [2.75, 3.05) is 40.9 Å². The van der Waals surface area contributed by atoms with Gasteiger partial charge in [0.15, 0.2) is 0 Å². The monoisotopic (exact) mass is 741 g/mol. The minimum Gasteiger partial charge on any atom is -0.756 e. The number of unbranched alkanes of at least 4 members (excludes halogenated alkanes) is 15. The lowest BCUT2D eigenvalue weighted by atomic mass is 10.0. The SMILES string of the molecule is CC/C=C/C/C=C/C=C/C(O)CCCCCCCC(=O)N[C@@H](COP(=O)([O-])OCC[N+](C)(C)C)[C@H](O)/C=C/CCCCCCCCCCCCC. The van der Waals surface area contributed by atoms with Gasteiger partial charge in [0.05, 0.1) is 46.0 Å². The average molecular weight is 741 g/mol. The predicted octanol–water partition coefficient (Wildman–Crippen LogP) is 8.86. The van der Waals surface area contributed by atoms with Crippen molar-refractivity contribution in [1.29, 1.82) is 0 Å². The van der Waals surface area contributed by atoms with Crippen LogP contribution in [0.2, 0.25) is 0 Å². The van der Waals surface area contributed by atoms with Crippen molar-refractivity contribution in [3.8, 4) is 0 Å². The summed E-state index contributed by atoms with van der Waals surface area (Å²) in [6, 6.07) is -0.924. The van der Waals surface area contributed by atoms with Crippen molar-refractivity contribution in [3.63, 3.8) is 0 Å². The topological polar surface area (TPSA) is 128 Å². The van der Waals surface area contributed by atoms with Gasteiger partial charge in [0.25, 0.3) is 7.82 Å². The first kappa shape index (κ1) is 49.4. The molecular formula is C41H77N2O7P. The molecule has 9 nitrogen and oxygen atoms in total. The number of phosphoric ester groups is 1. The maximum atomic E-state index is 12.8. The number of aliphatic hydroxyl groups excluding tert-OH is 2. The molecule has 0 radical (unpaired) electrons. The van der Waals surface area contributed by atoms with Crippen molar-refractivity contribution < 1.29 is 38.0 Å². The Morgan fingerprint density at radius 3 is 2.00 bits per heavy atom. The maximum absolute atomic E-state index is 12.8. The Labute approximate surface area is 312 Å². The van der Waals surface area contributed by atoms with Crippen LogP contribution in [0.25, 0.3) is 0 Å². The van der Waals surface area contributed by atoms with E-state index >= 15 is 0 Å². The third-order valence-corrected chi connectivity index (χ3v) is 9.61. The van der Waals surface area contributed by atoms with Gasteiger partial charge in [0.1, 0.15) is 13.2 Å². The lowest BCUT2D eigenvalue weighted by Gasteiger charge is -2.29. The predicted molar refractivity (Wildman–Crippen MR) is 211 cm³/mol. The zero-order valence-corrected chi connectivity index (χ0v) is 34.0. The quantitative estimate of drug-likeness (QED) is 0.0195. The Morgan fingerprint density at radius 2 is 1.37 bits per heavy atom. The highest BCUT2D eigenvalue weighted by Crippen LogP contribution is 2.38. The second-order valence-corrected chi connectivity index (χ2v) is 16.2. The first-order chi connectivity index (χ1) is 24.4. The van der Waals surface area contributed by atoms with Gasteiger partial charge in [-0.3, -0.25) is 9.36 Å². The molecule has 0 aromatic rings. The zero-order chi connectivity index (χ0) is 38.1. The number of nitrogens with one attached hydrogen (secondary N) is 1. The molecule has 51 heavy (non-hydrogen) atoms. The van der Waals surface area contributed by atoms with Crippen LogP contribution >= 0.6 is 7.82 Å². The van der Waals surface area contributed by atoms with Crippen LogP contribution in [0.4, 0.5) is 0 Å². The summed E-state index contributed by atoms with van der Waals surface area (Å²) < 4.78 is 23.1. The van der Waals surface area contributed by atoms with Gasteiger partial charge in [-0.15, -0.1) is 0 Å². The molecule has 3 N–H and O–H groups in total. The van der Waals surface area contributed by atoms with Crippen LogP contribution in [0.15, 0.2) is 48.6 Å². The minimum atomic E-state index is -4.61. The summed E-state index contributed by atoms with van der Waals surface area (Å²) in [5.74, 6) is -0.258. The van der Waals surface area contributed by atoms with E-state index in [1.54, 1.807) is 6.08 Å². The first-order valence-electron chi connectivity index (χ1n) is 20.1. The van der Waals surface area contributed by atoms with Crippen LogP contribution in [0.5, 0.6) is 0 Å². The largest absolute Gasteiger partial charge is 0.756 e. The minimum absolute atomic E-state index is 0.0209. The number of likely N-dealkylation sites (N-methyl/N-ethyl adjacent to an activating group) is 1. The number of hydrogen-bond acceptors (Lipinski definition) is 7. The normalized spacial score (nSPS) is 15.7. The fourth-order valence-electron chi connectivity index (χ4n) is 5.39. The first-order valence-corrected chi connectivity index (χ1v) is 21.6. The van der Waals surface area contributed by atoms with E-state index in [0.29, 0.717) is 23.9 Å². The summed E-state index contributed by atoms with van der Waals surface area (Å²) in [6.45, 7) is 4.40. The molecule has 0 spiro atoms. The number of quaternary nitrogens is 1. The van der Waals surface area contributed by atoms with Gasteiger partial charge in [-0.2, -0.15) is 0 Å². The molecule has 0 aliphatic carbocycles. The van der Waals surface area contributed by atoms with Crippen LogP contribution in [-0.4, -0.2) is 79.8 Å². The number of allylic oxidation sites excluding steroid dienone is 6. The van der Waals surface area contributed by atoms with E-state index in [9.17, 15) is 24.5 Å².